The predicted octanol–water partition coefficient (Wildman–Crippen LogP) is 2.42. The van der Waals surface area contributed by atoms with Gasteiger partial charge in [-0.25, -0.2) is 8.78 Å². The summed E-state index contributed by atoms with van der Waals surface area (Å²) in [6, 6.07) is 12.3. The van der Waals surface area contributed by atoms with Crippen LogP contribution in [0.1, 0.15) is 39.9 Å². The van der Waals surface area contributed by atoms with Gasteiger partial charge in [0.1, 0.15) is 6.61 Å². The second-order valence-corrected chi connectivity index (χ2v) is 7.36. The van der Waals surface area contributed by atoms with Crippen molar-refractivity contribution < 1.29 is 28.3 Å². The lowest BCUT2D eigenvalue weighted by atomic mass is 10.1. The quantitative estimate of drug-likeness (QED) is 0.448. The molecule has 2 aromatic carbocycles. The molecule has 2 aromatic rings. The van der Waals surface area contributed by atoms with E-state index in [1.807, 2.05) is 24.3 Å². The van der Waals surface area contributed by atoms with E-state index in [0.717, 1.165) is 16.0 Å². The third-order valence-corrected chi connectivity index (χ3v) is 4.99. The highest BCUT2D eigenvalue weighted by Gasteiger charge is 2.32. The molecule has 0 radical (unpaired) electrons. The van der Waals surface area contributed by atoms with Crippen molar-refractivity contribution in [1.82, 2.24) is 10.2 Å². The summed E-state index contributed by atoms with van der Waals surface area (Å²) in [5, 5.41) is 11.4. The highest BCUT2D eigenvalue weighted by atomic mass is 19.3. The number of halogens is 2. The van der Waals surface area contributed by atoms with E-state index >= 15 is 0 Å². The lowest BCUT2D eigenvalue weighted by Gasteiger charge is -2.25. The number of carbonyl (C=O) groups is 3. The molecule has 33 heavy (non-hydrogen) atoms. The van der Waals surface area contributed by atoms with E-state index in [-0.39, 0.29) is 12.0 Å². The van der Waals surface area contributed by atoms with Gasteiger partial charge in [-0.3, -0.25) is 14.4 Å². The van der Waals surface area contributed by atoms with Gasteiger partial charge in [0, 0.05) is 37.2 Å². The molecular weight excluding hydrogens is 430 g/mol. The Labute approximate surface area is 191 Å². The fraction of sp³-hybridized carbons (Fsp3) is 0.320. The van der Waals surface area contributed by atoms with Gasteiger partial charge in [-0.2, -0.15) is 0 Å². The van der Waals surface area contributed by atoms with Gasteiger partial charge in [0.15, 0.2) is 11.8 Å². The van der Waals surface area contributed by atoms with Crippen LogP contribution in [-0.2, 0) is 16.0 Å². The predicted molar refractivity (Wildman–Crippen MR) is 120 cm³/mol. The first-order valence-corrected chi connectivity index (χ1v) is 10.4. The molecule has 2 N–H and O–H groups in total. The van der Waals surface area contributed by atoms with Crippen molar-refractivity contribution in [2.24, 2.45) is 0 Å². The number of nitrogens with one attached hydrogen (secondary N) is 1. The van der Waals surface area contributed by atoms with Gasteiger partial charge in [-0.1, -0.05) is 24.0 Å². The summed E-state index contributed by atoms with van der Waals surface area (Å²) in [5.41, 5.74) is 2.66. The Bertz CT molecular complexity index is 1010. The Balaban J connectivity index is 2.05. The number of ketones is 1. The maximum atomic E-state index is 12.7. The molecule has 0 spiro atoms. The summed E-state index contributed by atoms with van der Waals surface area (Å²) in [6.07, 6.45) is -1.37. The highest BCUT2D eigenvalue weighted by molar-refractivity contribution is 6.10. The molecule has 1 atom stereocenters. The minimum atomic E-state index is -2.28. The SMILES string of the molecule is CNC(=O)C(C(=O)CO)N(C)C(=O)c1ccc(C#Cc2ccc(CCCC(F)F)cc2)cc1. The Morgan fingerprint density at radius 3 is 2.03 bits per heavy atom. The highest BCUT2D eigenvalue weighted by Crippen LogP contribution is 2.12. The first-order chi connectivity index (χ1) is 15.8. The fourth-order valence-electron chi connectivity index (χ4n) is 3.14. The summed E-state index contributed by atoms with van der Waals surface area (Å²) in [5.74, 6) is 3.97. The number of alkyl halides is 2. The Hall–Kier alpha value is -3.57. The van der Waals surface area contributed by atoms with Gasteiger partial charge in [-0.15, -0.1) is 0 Å². The van der Waals surface area contributed by atoms with E-state index in [2.05, 4.69) is 17.2 Å². The number of rotatable bonds is 9. The first kappa shape index (κ1) is 25.7. The monoisotopic (exact) mass is 456 g/mol. The van der Waals surface area contributed by atoms with Crippen LogP contribution in [0.2, 0.25) is 0 Å². The zero-order chi connectivity index (χ0) is 24.4. The van der Waals surface area contributed by atoms with Crippen LogP contribution >= 0.6 is 0 Å². The zero-order valence-corrected chi connectivity index (χ0v) is 18.5. The van der Waals surface area contributed by atoms with Gasteiger partial charge >= 0.3 is 0 Å². The van der Waals surface area contributed by atoms with Crippen LogP contribution in [0.25, 0.3) is 0 Å². The van der Waals surface area contributed by atoms with Gasteiger partial charge in [-0.05, 0) is 54.8 Å². The second-order valence-electron chi connectivity index (χ2n) is 7.36. The van der Waals surface area contributed by atoms with Crippen LogP contribution in [0.3, 0.4) is 0 Å². The lowest BCUT2D eigenvalue weighted by Crippen LogP contribution is -2.52. The number of benzene rings is 2. The van der Waals surface area contributed by atoms with Gasteiger partial charge in [0.25, 0.3) is 5.91 Å². The average molecular weight is 456 g/mol. The molecular formula is C25H26F2N2O4. The molecule has 8 heteroatoms. The minimum absolute atomic E-state index is 0.111. The number of aryl methyl sites for hydroxylation is 1. The Morgan fingerprint density at radius 1 is 1.00 bits per heavy atom. The van der Waals surface area contributed by atoms with Crippen molar-refractivity contribution in [3.05, 3.63) is 70.8 Å². The van der Waals surface area contributed by atoms with Crippen molar-refractivity contribution in [2.75, 3.05) is 20.7 Å². The molecule has 0 aromatic heterocycles. The van der Waals surface area contributed by atoms with Crippen LogP contribution in [0.15, 0.2) is 48.5 Å². The standard InChI is InChI=1S/C25H26F2N2O4/c1-28-24(32)23(21(31)16-30)29(2)25(33)20-14-12-19(13-15-20)11-10-18-8-6-17(7-9-18)4-3-5-22(26)27/h6-9,12-15,22-23,30H,3-5,16H2,1-2H3,(H,28,32). The largest absolute Gasteiger partial charge is 0.388 e. The first-order valence-electron chi connectivity index (χ1n) is 10.4. The number of amides is 2. The molecule has 6 nitrogen and oxygen atoms in total. The molecule has 2 amide bonds. The van der Waals surface area contributed by atoms with Crippen molar-refractivity contribution in [2.45, 2.75) is 31.7 Å². The van der Waals surface area contributed by atoms with Crippen LogP contribution < -0.4 is 5.32 Å². The zero-order valence-electron chi connectivity index (χ0n) is 18.5. The number of carbonyl (C=O) groups excluding carboxylic acids is 3. The van der Waals surface area contributed by atoms with Crippen LogP contribution in [0.5, 0.6) is 0 Å². The molecule has 0 saturated carbocycles. The number of aliphatic hydroxyl groups excluding tert-OH is 1. The van der Waals surface area contributed by atoms with E-state index in [9.17, 15) is 23.2 Å². The Kier molecular flexibility index (Phi) is 9.70. The summed E-state index contributed by atoms with van der Waals surface area (Å²) >= 11 is 0. The maximum absolute atomic E-state index is 12.7. The van der Waals surface area contributed by atoms with E-state index in [0.29, 0.717) is 18.4 Å². The van der Waals surface area contributed by atoms with Crippen LogP contribution in [-0.4, -0.2) is 60.8 Å². The van der Waals surface area contributed by atoms with Crippen LogP contribution in [0, 0.1) is 11.8 Å². The summed E-state index contributed by atoms with van der Waals surface area (Å²) in [7, 11) is 2.66. The molecule has 0 bridgehead atoms. The molecule has 0 heterocycles. The second kappa shape index (κ2) is 12.5. The lowest BCUT2D eigenvalue weighted by molar-refractivity contribution is -0.135. The molecule has 174 valence electrons. The van der Waals surface area contributed by atoms with Crippen LogP contribution in [0.4, 0.5) is 8.78 Å². The molecule has 2 rings (SSSR count). The number of likely N-dealkylation sites (N-methyl/N-ethyl adjacent to an activating group) is 2. The molecule has 0 aliphatic carbocycles. The summed E-state index contributed by atoms with van der Waals surface area (Å²) < 4.78 is 24.4. The molecule has 0 aliphatic rings. The third kappa shape index (κ3) is 7.51. The Morgan fingerprint density at radius 2 is 1.55 bits per heavy atom. The van der Waals surface area contributed by atoms with E-state index < -0.39 is 36.7 Å². The normalized spacial score (nSPS) is 11.3. The molecule has 1 unspecified atom stereocenters. The number of Topliss-reactive ketones (excluding diaryl/α,β-unsaturated/α-hetero) is 1. The third-order valence-electron chi connectivity index (χ3n) is 4.99. The number of hydrogen-bond donors (Lipinski definition) is 2. The number of nitrogens with zero attached hydrogens (tertiary/aromatic N) is 1. The molecule has 0 saturated heterocycles. The smallest absolute Gasteiger partial charge is 0.254 e. The van der Waals surface area contributed by atoms with Crippen molar-refractivity contribution >= 4 is 17.6 Å². The van der Waals surface area contributed by atoms with Gasteiger partial charge in [0.2, 0.25) is 12.3 Å². The van der Waals surface area contributed by atoms with E-state index in [1.165, 1.54) is 14.1 Å². The van der Waals surface area contributed by atoms with Crippen molar-refractivity contribution in [1.29, 1.82) is 0 Å². The van der Waals surface area contributed by atoms with Gasteiger partial charge in [0.05, 0.1) is 0 Å². The van der Waals surface area contributed by atoms with Gasteiger partial charge < -0.3 is 15.3 Å². The fourth-order valence-corrected chi connectivity index (χ4v) is 3.14. The maximum Gasteiger partial charge on any atom is 0.254 e. The number of hydrogen-bond acceptors (Lipinski definition) is 4. The average Bonchev–Trinajstić information content (AvgIpc) is 2.82. The topological polar surface area (TPSA) is 86.7 Å². The minimum Gasteiger partial charge on any atom is -0.388 e. The summed E-state index contributed by atoms with van der Waals surface area (Å²) in [6.45, 7) is -0.860. The van der Waals surface area contributed by atoms with E-state index in [1.54, 1.807) is 24.3 Å². The summed E-state index contributed by atoms with van der Waals surface area (Å²) in [4.78, 5) is 37.6. The molecule has 0 aliphatic heterocycles. The van der Waals surface area contributed by atoms with Crippen molar-refractivity contribution in [3.8, 4) is 11.8 Å². The number of aliphatic hydroxyl groups is 1. The molecule has 0 fully saturated rings. The van der Waals surface area contributed by atoms with E-state index in [4.69, 9.17) is 5.11 Å². The van der Waals surface area contributed by atoms with Crippen molar-refractivity contribution in [3.63, 3.8) is 0 Å².